The van der Waals surface area contributed by atoms with Crippen molar-refractivity contribution in [1.29, 1.82) is 0 Å². The van der Waals surface area contributed by atoms with Gasteiger partial charge in [0.1, 0.15) is 11.6 Å². The van der Waals surface area contributed by atoms with Gasteiger partial charge in [-0.3, -0.25) is 9.69 Å². The maximum atomic E-state index is 13.2. The first kappa shape index (κ1) is 22.5. The third-order valence-electron chi connectivity index (χ3n) is 4.63. The highest BCUT2D eigenvalue weighted by Gasteiger charge is 2.37. The summed E-state index contributed by atoms with van der Waals surface area (Å²) in [6.45, 7) is 2.44. The number of hydrogen-bond acceptors (Lipinski definition) is 5. The van der Waals surface area contributed by atoms with Crippen molar-refractivity contribution >= 4 is 45.0 Å². The first-order chi connectivity index (χ1) is 14.5. The number of ether oxygens (including phenoxy) is 1. The fourth-order valence-corrected chi connectivity index (χ4v) is 4.55. The molecular formula is C22H23BrFN3O2S. The predicted molar refractivity (Wildman–Crippen MR) is 124 cm³/mol. The van der Waals surface area contributed by atoms with E-state index in [9.17, 15) is 9.18 Å². The molecule has 1 atom stereocenters. The Kier molecular flexibility index (Phi) is 8.04. The van der Waals surface area contributed by atoms with Crippen molar-refractivity contribution in [3.8, 4) is 5.75 Å². The van der Waals surface area contributed by atoms with Crippen LogP contribution in [0, 0.1) is 5.82 Å². The van der Waals surface area contributed by atoms with Crippen molar-refractivity contribution in [2.45, 2.75) is 38.0 Å². The number of amidine groups is 1. The van der Waals surface area contributed by atoms with Crippen molar-refractivity contribution in [3.05, 3.63) is 63.9 Å². The van der Waals surface area contributed by atoms with Crippen LogP contribution in [0.5, 0.6) is 5.75 Å². The van der Waals surface area contributed by atoms with E-state index in [2.05, 4.69) is 33.1 Å². The Labute approximate surface area is 188 Å². The Hall–Kier alpha value is -2.19. The standard InChI is InChI=1S/C22H23BrFN3O2S/c1-3-4-5-20-21(28)27(14-15-6-9-18(24)10-7-15)22(30-20)26-25-13-16-12-17(23)8-11-19(16)29-2/h6-13,20H,3-5,14H2,1-2H3. The highest BCUT2D eigenvalue weighted by Crippen LogP contribution is 2.32. The lowest BCUT2D eigenvalue weighted by atomic mass is 10.1. The molecule has 0 spiro atoms. The number of halogens is 2. The molecule has 2 aromatic rings. The van der Waals surface area contributed by atoms with Crippen LogP contribution in [-0.2, 0) is 11.3 Å². The number of carbonyl (C=O) groups excluding carboxylic acids is 1. The summed E-state index contributed by atoms with van der Waals surface area (Å²) >= 11 is 4.87. The van der Waals surface area contributed by atoms with E-state index in [1.54, 1.807) is 30.4 Å². The van der Waals surface area contributed by atoms with E-state index in [-0.39, 0.29) is 17.0 Å². The molecular weight excluding hydrogens is 469 g/mol. The monoisotopic (exact) mass is 491 g/mol. The van der Waals surface area contributed by atoms with Crippen LogP contribution in [0.3, 0.4) is 0 Å². The normalized spacial score (nSPS) is 18.0. The molecule has 158 valence electrons. The Morgan fingerprint density at radius 2 is 2.03 bits per heavy atom. The third kappa shape index (κ3) is 5.70. The zero-order valence-electron chi connectivity index (χ0n) is 16.8. The summed E-state index contributed by atoms with van der Waals surface area (Å²) < 4.78 is 19.5. The molecule has 30 heavy (non-hydrogen) atoms. The summed E-state index contributed by atoms with van der Waals surface area (Å²) in [4.78, 5) is 14.6. The fourth-order valence-electron chi connectivity index (χ4n) is 3.02. The molecule has 0 aromatic heterocycles. The van der Waals surface area contributed by atoms with Gasteiger partial charge in [0.15, 0.2) is 5.17 Å². The largest absolute Gasteiger partial charge is 0.496 e. The topological polar surface area (TPSA) is 54.3 Å². The molecule has 0 radical (unpaired) electrons. The fraction of sp³-hybridized carbons (Fsp3) is 0.318. The summed E-state index contributed by atoms with van der Waals surface area (Å²) in [6, 6.07) is 11.8. The first-order valence-electron chi connectivity index (χ1n) is 9.69. The van der Waals surface area contributed by atoms with Crippen molar-refractivity contribution in [3.63, 3.8) is 0 Å². The summed E-state index contributed by atoms with van der Waals surface area (Å²) in [5.41, 5.74) is 1.62. The van der Waals surface area contributed by atoms with Crippen LogP contribution in [0.15, 0.2) is 57.1 Å². The molecule has 1 unspecified atom stereocenters. The zero-order chi connectivity index (χ0) is 21.5. The van der Waals surface area contributed by atoms with Crippen LogP contribution >= 0.6 is 27.7 Å². The van der Waals surface area contributed by atoms with Crippen molar-refractivity contribution in [1.82, 2.24) is 4.90 Å². The van der Waals surface area contributed by atoms with Gasteiger partial charge in [0, 0.05) is 10.0 Å². The second kappa shape index (κ2) is 10.7. The van der Waals surface area contributed by atoms with Gasteiger partial charge in [-0.05, 0) is 42.3 Å². The third-order valence-corrected chi connectivity index (χ3v) is 6.35. The quantitative estimate of drug-likeness (QED) is 0.355. The van der Waals surface area contributed by atoms with E-state index >= 15 is 0 Å². The van der Waals surface area contributed by atoms with Crippen molar-refractivity contribution in [2.75, 3.05) is 7.11 Å². The number of thioether (sulfide) groups is 1. The minimum Gasteiger partial charge on any atom is -0.496 e. The molecule has 1 heterocycles. The average Bonchev–Trinajstić information content (AvgIpc) is 3.03. The molecule has 0 bridgehead atoms. The van der Waals surface area contributed by atoms with Crippen LogP contribution in [0.2, 0.25) is 0 Å². The number of amides is 1. The number of rotatable bonds is 8. The van der Waals surface area contributed by atoms with Gasteiger partial charge >= 0.3 is 0 Å². The number of carbonyl (C=O) groups is 1. The van der Waals surface area contributed by atoms with E-state index in [0.29, 0.717) is 17.5 Å². The molecule has 1 aliphatic rings. The lowest BCUT2D eigenvalue weighted by molar-refractivity contribution is -0.126. The Balaban J connectivity index is 1.83. The smallest absolute Gasteiger partial charge is 0.242 e. The van der Waals surface area contributed by atoms with Crippen molar-refractivity contribution < 1.29 is 13.9 Å². The average molecular weight is 492 g/mol. The highest BCUT2D eigenvalue weighted by atomic mass is 79.9. The van der Waals surface area contributed by atoms with Gasteiger partial charge in [-0.2, -0.15) is 5.10 Å². The number of nitrogens with zero attached hydrogens (tertiary/aromatic N) is 3. The van der Waals surface area contributed by atoms with Crippen LogP contribution < -0.4 is 4.74 Å². The number of unbranched alkanes of at least 4 members (excludes halogenated alkanes) is 1. The molecule has 5 nitrogen and oxygen atoms in total. The van der Waals surface area contributed by atoms with E-state index in [0.717, 1.165) is 34.9 Å². The van der Waals surface area contributed by atoms with E-state index in [1.165, 1.54) is 23.9 Å². The summed E-state index contributed by atoms with van der Waals surface area (Å²) in [5, 5.41) is 8.94. The molecule has 3 rings (SSSR count). The van der Waals surface area contributed by atoms with Gasteiger partial charge in [-0.1, -0.05) is 59.6 Å². The van der Waals surface area contributed by atoms with Gasteiger partial charge in [0.25, 0.3) is 0 Å². The molecule has 0 N–H and O–H groups in total. The number of benzene rings is 2. The van der Waals surface area contributed by atoms with Gasteiger partial charge < -0.3 is 4.74 Å². The minimum absolute atomic E-state index is 0.0201. The molecule has 0 saturated carbocycles. The number of hydrogen-bond donors (Lipinski definition) is 0. The molecule has 8 heteroatoms. The lowest BCUT2D eigenvalue weighted by Crippen LogP contribution is -2.31. The second-order valence-electron chi connectivity index (χ2n) is 6.81. The van der Waals surface area contributed by atoms with Gasteiger partial charge in [-0.25, -0.2) is 4.39 Å². The van der Waals surface area contributed by atoms with Crippen molar-refractivity contribution in [2.24, 2.45) is 10.2 Å². The van der Waals surface area contributed by atoms with Gasteiger partial charge in [-0.15, -0.1) is 5.10 Å². The molecule has 1 saturated heterocycles. The Morgan fingerprint density at radius 3 is 2.73 bits per heavy atom. The zero-order valence-corrected chi connectivity index (χ0v) is 19.2. The van der Waals surface area contributed by atoms with Crippen LogP contribution in [0.1, 0.15) is 37.3 Å². The Bertz CT molecular complexity index is 950. The second-order valence-corrected chi connectivity index (χ2v) is 8.90. The molecule has 1 amide bonds. The van der Waals surface area contributed by atoms with Gasteiger partial charge in [0.2, 0.25) is 5.91 Å². The lowest BCUT2D eigenvalue weighted by Gasteiger charge is -2.16. The summed E-state index contributed by atoms with van der Waals surface area (Å²) in [5.74, 6) is 0.399. The molecule has 1 fully saturated rings. The highest BCUT2D eigenvalue weighted by molar-refractivity contribution is 9.10. The predicted octanol–water partition coefficient (Wildman–Crippen LogP) is 5.62. The Morgan fingerprint density at radius 1 is 1.27 bits per heavy atom. The maximum absolute atomic E-state index is 13.2. The van der Waals surface area contributed by atoms with E-state index in [4.69, 9.17) is 4.74 Å². The minimum atomic E-state index is -0.303. The molecule has 1 aliphatic heterocycles. The summed E-state index contributed by atoms with van der Waals surface area (Å²) in [6.07, 6.45) is 4.40. The van der Waals surface area contributed by atoms with E-state index in [1.807, 2.05) is 18.2 Å². The molecule has 0 aliphatic carbocycles. The first-order valence-corrected chi connectivity index (χ1v) is 11.4. The van der Waals surface area contributed by atoms with Gasteiger partial charge in [0.05, 0.1) is 25.1 Å². The number of methoxy groups -OCH3 is 1. The van der Waals surface area contributed by atoms with E-state index < -0.39 is 0 Å². The van der Waals surface area contributed by atoms with Crippen LogP contribution in [-0.4, -0.2) is 34.5 Å². The van der Waals surface area contributed by atoms with Crippen LogP contribution in [0.25, 0.3) is 0 Å². The maximum Gasteiger partial charge on any atom is 0.242 e. The molecule has 2 aromatic carbocycles. The summed E-state index contributed by atoms with van der Waals surface area (Å²) in [7, 11) is 1.60. The SMILES string of the molecule is CCCCC1SC(=NN=Cc2cc(Br)ccc2OC)N(Cc2ccc(F)cc2)C1=O. The van der Waals surface area contributed by atoms with Crippen LogP contribution in [0.4, 0.5) is 4.39 Å².